The molecule has 0 saturated carbocycles. The Balaban J connectivity index is 1.32. The van der Waals surface area contributed by atoms with Gasteiger partial charge in [0.15, 0.2) is 5.11 Å². The molecule has 0 aliphatic heterocycles. The fraction of sp³-hybridized carbons (Fsp3) is 0.107. The number of benzene rings is 4. The summed E-state index contributed by atoms with van der Waals surface area (Å²) in [7, 11) is 0. The first kappa shape index (κ1) is 25.7. The van der Waals surface area contributed by atoms with Crippen molar-refractivity contribution >= 4 is 62.8 Å². The highest BCUT2D eigenvalue weighted by Crippen LogP contribution is 2.37. The Hall–Kier alpha value is -3.89. The van der Waals surface area contributed by atoms with Gasteiger partial charge in [-0.2, -0.15) is 18.3 Å². The molecule has 0 radical (unpaired) electrons. The van der Waals surface area contributed by atoms with E-state index in [0.29, 0.717) is 5.11 Å². The van der Waals surface area contributed by atoms with Crippen molar-refractivity contribution in [3.05, 3.63) is 95.8 Å². The molecule has 0 unspecified atom stereocenters. The monoisotopic (exact) mass is 549 g/mol. The first-order chi connectivity index (χ1) is 18.2. The van der Waals surface area contributed by atoms with Crippen LogP contribution in [0.5, 0.6) is 0 Å². The Morgan fingerprint density at radius 3 is 2.45 bits per heavy atom. The van der Waals surface area contributed by atoms with Gasteiger partial charge in [0.05, 0.1) is 17.2 Å². The zero-order valence-electron chi connectivity index (χ0n) is 20.4. The van der Waals surface area contributed by atoms with Crippen molar-refractivity contribution in [2.75, 3.05) is 5.32 Å². The van der Waals surface area contributed by atoms with E-state index in [1.54, 1.807) is 24.7 Å². The average molecular weight is 550 g/mol. The zero-order chi connectivity index (χ0) is 26.9. The first-order valence-electron chi connectivity index (χ1n) is 11.6. The van der Waals surface area contributed by atoms with Gasteiger partial charge in [0.1, 0.15) is 6.33 Å². The number of rotatable bonds is 5. The quantitative estimate of drug-likeness (QED) is 0.102. The Bertz CT molecular complexity index is 1650. The van der Waals surface area contributed by atoms with Gasteiger partial charge in [0, 0.05) is 21.7 Å². The van der Waals surface area contributed by atoms with Gasteiger partial charge in [-0.15, -0.1) is 0 Å². The summed E-state index contributed by atoms with van der Waals surface area (Å²) in [5.74, 6) is 0. The molecular weight excluding hydrogens is 527 g/mol. The minimum absolute atomic E-state index is 0.129. The molecule has 1 heterocycles. The minimum Gasteiger partial charge on any atom is -0.331 e. The molecule has 5 aromatic rings. The number of para-hydroxylation sites is 1. The molecule has 38 heavy (non-hydrogen) atoms. The number of nitrogens with zero attached hydrogens (tertiary/aromatic N) is 3. The van der Waals surface area contributed by atoms with Crippen molar-refractivity contribution in [3.63, 3.8) is 0 Å². The van der Waals surface area contributed by atoms with Gasteiger partial charge in [-0.3, -0.25) is 9.99 Å². The molecule has 10 heteroatoms. The Morgan fingerprint density at radius 2 is 1.74 bits per heavy atom. The number of thioether (sulfide) groups is 1. The lowest BCUT2D eigenvalue weighted by molar-refractivity contribution is -0.0328. The van der Waals surface area contributed by atoms with Crippen LogP contribution in [0.15, 0.2) is 89.1 Å². The fourth-order valence-electron chi connectivity index (χ4n) is 4.24. The lowest BCUT2D eigenvalue weighted by Crippen LogP contribution is -2.24. The van der Waals surface area contributed by atoms with Gasteiger partial charge in [-0.25, -0.2) is 4.98 Å². The summed E-state index contributed by atoms with van der Waals surface area (Å²) in [6.07, 6.45) is 3.38. The number of hydrogen-bond acceptors (Lipinski definition) is 4. The van der Waals surface area contributed by atoms with Crippen LogP contribution in [0.1, 0.15) is 16.7 Å². The molecular formula is C28H22F3N5S2. The number of alkyl halides is 3. The van der Waals surface area contributed by atoms with E-state index in [-0.39, 0.29) is 16.7 Å². The summed E-state index contributed by atoms with van der Waals surface area (Å²) in [5.41, 5.74) is 4.99. The van der Waals surface area contributed by atoms with Crippen LogP contribution in [0.3, 0.4) is 0 Å². The van der Waals surface area contributed by atoms with Crippen molar-refractivity contribution in [3.8, 4) is 5.69 Å². The number of imidazole rings is 1. The van der Waals surface area contributed by atoms with E-state index in [4.69, 9.17) is 12.2 Å². The summed E-state index contributed by atoms with van der Waals surface area (Å²) in [6.45, 7) is 4.04. The third kappa shape index (κ3) is 5.66. The number of fused-ring (bicyclic) bond motifs is 3. The van der Waals surface area contributed by atoms with Crippen LogP contribution in [0.25, 0.3) is 27.5 Å². The molecule has 0 amide bonds. The van der Waals surface area contributed by atoms with Crippen LogP contribution in [0.4, 0.5) is 18.9 Å². The minimum atomic E-state index is -4.31. The number of aryl methyl sites for hydroxylation is 2. The highest BCUT2D eigenvalue weighted by molar-refractivity contribution is 8.00. The van der Waals surface area contributed by atoms with Crippen LogP contribution in [0, 0.1) is 13.8 Å². The molecule has 5 nitrogen and oxygen atoms in total. The lowest BCUT2D eigenvalue weighted by atomic mass is 10.1. The molecule has 1 aromatic heterocycles. The van der Waals surface area contributed by atoms with Gasteiger partial charge in [0.2, 0.25) is 0 Å². The van der Waals surface area contributed by atoms with E-state index in [0.717, 1.165) is 49.9 Å². The standard InChI is InChI=1S/C28H22F3N5S2/c1-17-4-3-5-18(2)25(17)34-27(37)35-33-15-19-6-12-23-20(14-19)7-13-24-26(23)32-16-36(24)21-8-10-22(11-9-21)38-28(29,30)31/h3-16H,1-2H3,(H2,34,35,37). The molecule has 2 N–H and O–H groups in total. The number of thiocarbonyl (C=S) groups is 1. The summed E-state index contributed by atoms with van der Waals surface area (Å²) < 4.78 is 39.8. The van der Waals surface area contributed by atoms with E-state index in [9.17, 15) is 13.2 Å². The van der Waals surface area contributed by atoms with Crippen molar-refractivity contribution in [1.29, 1.82) is 0 Å². The van der Waals surface area contributed by atoms with Crippen molar-refractivity contribution in [2.24, 2.45) is 5.10 Å². The van der Waals surface area contributed by atoms with Crippen molar-refractivity contribution in [2.45, 2.75) is 24.3 Å². The average Bonchev–Trinajstić information content (AvgIpc) is 3.30. The summed E-state index contributed by atoms with van der Waals surface area (Å²) in [6, 6.07) is 22.1. The zero-order valence-corrected chi connectivity index (χ0v) is 22.0. The van der Waals surface area contributed by atoms with E-state index in [1.165, 1.54) is 12.1 Å². The molecule has 192 valence electrons. The van der Waals surface area contributed by atoms with Gasteiger partial charge in [-0.1, -0.05) is 36.4 Å². The summed E-state index contributed by atoms with van der Waals surface area (Å²) >= 11 is 5.25. The Kier molecular flexibility index (Phi) is 7.09. The van der Waals surface area contributed by atoms with Crippen LogP contribution >= 0.6 is 24.0 Å². The van der Waals surface area contributed by atoms with E-state index in [2.05, 4.69) is 20.8 Å². The Morgan fingerprint density at radius 1 is 1.00 bits per heavy atom. The number of anilines is 1. The van der Waals surface area contributed by atoms with Crippen LogP contribution in [-0.2, 0) is 0 Å². The smallest absolute Gasteiger partial charge is 0.331 e. The third-order valence-corrected chi connectivity index (χ3v) is 6.94. The van der Waals surface area contributed by atoms with E-state index >= 15 is 0 Å². The number of hydrazone groups is 1. The van der Waals surface area contributed by atoms with Crippen LogP contribution in [0.2, 0.25) is 0 Å². The number of aromatic nitrogens is 2. The predicted molar refractivity (Wildman–Crippen MR) is 153 cm³/mol. The normalized spacial score (nSPS) is 11.9. The predicted octanol–water partition coefficient (Wildman–Crippen LogP) is 7.73. The van der Waals surface area contributed by atoms with Gasteiger partial charge < -0.3 is 5.32 Å². The van der Waals surface area contributed by atoms with E-state index < -0.39 is 5.51 Å². The number of nitrogens with one attached hydrogen (secondary N) is 2. The second-order valence-electron chi connectivity index (χ2n) is 8.66. The van der Waals surface area contributed by atoms with Crippen molar-refractivity contribution in [1.82, 2.24) is 15.0 Å². The number of hydrogen-bond donors (Lipinski definition) is 2. The topological polar surface area (TPSA) is 54.2 Å². The highest BCUT2D eigenvalue weighted by atomic mass is 32.2. The van der Waals surface area contributed by atoms with Gasteiger partial charge >= 0.3 is 5.51 Å². The van der Waals surface area contributed by atoms with Crippen LogP contribution < -0.4 is 10.7 Å². The second-order valence-corrected chi connectivity index (χ2v) is 10.2. The summed E-state index contributed by atoms with van der Waals surface area (Å²) in [4.78, 5) is 4.72. The second kappa shape index (κ2) is 10.5. The SMILES string of the molecule is Cc1cccc(C)c1NC(=S)NN=Cc1ccc2c(ccc3c2ncn3-c2ccc(SC(F)(F)F)cc2)c1. The molecule has 4 aromatic carbocycles. The lowest BCUT2D eigenvalue weighted by Gasteiger charge is -2.12. The third-order valence-electron chi connectivity index (χ3n) is 6.00. The molecule has 0 fully saturated rings. The Labute approximate surface area is 226 Å². The van der Waals surface area contributed by atoms with E-state index in [1.807, 2.05) is 66.9 Å². The molecule has 0 spiro atoms. The van der Waals surface area contributed by atoms with Gasteiger partial charge in [0.25, 0.3) is 0 Å². The van der Waals surface area contributed by atoms with Crippen LogP contribution in [-0.4, -0.2) is 26.4 Å². The summed E-state index contributed by atoms with van der Waals surface area (Å²) in [5, 5.41) is 9.80. The van der Waals surface area contributed by atoms with Gasteiger partial charge in [-0.05, 0) is 96.3 Å². The maximum Gasteiger partial charge on any atom is 0.446 e. The molecule has 0 saturated heterocycles. The highest BCUT2D eigenvalue weighted by Gasteiger charge is 2.29. The first-order valence-corrected chi connectivity index (χ1v) is 12.8. The fourth-order valence-corrected chi connectivity index (χ4v) is 4.94. The molecule has 0 aliphatic rings. The maximum absolute atomic E-state index is 12.6. The maximum atomic E-state index is 12.6. The molecule has 0 aliphatic carbocycles. The molecule has 0 atom stereocenters. The molecule has 5 rings (SSSR count). The number of halogens is 3. The molecule has 0 bridgehead atoms. The van der Waals surface area contributed by atoms with Crippen molar-refractivity contribution < 1.29 is 13.2 Å². The largest absolute Gasteiger partial charge is 0.446 e.